The van der Waals surface area contributed by atoms with Gasteiger partial charge < -0.3 is 14.8 Å². The van der Waals surface area contributed by atoms with Crippen molar-refractivity contribution in [1.29, 1.82) is 0 Å². The second-order valence-corrected chi connectivity index (χ2v) is 11.6. The van der Waals surface area contributed by atoms with Crippen molar-refractivity contribution < 1.29 is 23.3 Å². The van der Waals surface area contributed by atoms with Crippen LogP contribution in [0.3, 0.4) is 0 Å². The molecule has 3 rings (SSSR count). The number of nitrogens with zero attached hydrogens (tertiary/aromatic N) is 1. The van der Waals surface area contributed by atoms with E-state index in [1.807, 2.05) is 66.7 Å². The summed E-state index contributed by atoms with van der Waals surface area (Å²) in [6, 6.07) is 22.9. The summed E-state index contributed by atoms with van der Waals surface area (Å²) in [5.41, 5.74) is 2.00. The van der Waals surface area contributed by atoms with Crippen LogP contribution in [0.4, 0.5) is 4.79 Å². The third kappa shape index (κ3) is 7.68. The number of benzene rings is 3. The molecule has 2 atom stereocenters. The molecule has 0 aliphatic rings. The van der Waals surface area contributed by atoms with Crippen LogP contribution < -0.4 is 10.1 Å². The van der Waals surface area contributed by atoms with Gasteiger partial charge in [0.15, 0.2) is 0 Å². The third-order valence-electron chi connectivity index (χ3n) is 5.25. The maximum absolute atomic E-state index is 13.5. The van der Waals surface area contributed by atoms with E-state index in [4.69, 9.17) is 9.47 Å². The molecular formula is C28H32N2O5S. The van der Waals surface area contributed by atoms with Crippen molar-refractivity contribution in [2.24, 2.45) is 4.36 Å². The van der Waals surface area contributed by atoms with Gasteiger partial charge in [-0.2, -0.15) is 4.36 Å². The molecule has 1 N–H and O–H groups in total. The molecule has 7 nitrogen and oxygen atoms in total. The number of carbonyl (C=O) groups is 2. The Morgan fingerprint density at radius 3 is 2.00 bits per heavy atom. The molecule has 0 heterocycles. The van der Waals surface area contributed by atoms with Crippen LogP contribution in [0, 0.1) is 0 Å². The highest BCUT2D eigenvalue weighted by Crippen LogP contribution is 2.24. The van der Waals surface area contributed by atoms with Crippen LogP contribution in [0.5, 0.6) is 5.75 Å². The summed E-state index contributed by atoms with van der Waals surface area (Å²) < 4.78 is 28.0. The Morgan fingerprint density at radius 2 is 1.47 bits per heavy atom. The summed E-state index contributed by atoms with van der Waals surface area (Å²) in [4.78, 5) is 26.0. The molecule has 0 fully saturated rings. The van der Waals surface area contributed by atoms with Crippen LogP contribution in [0.15, 0.2) is 88.1 Å². The number of amides is 2. The number of nitrogens with one attached hydrogen (secondary N) is 1. The molecule has 36 heavy (non-hydrogen) atoms. The first-order valence-electron chi connectivity index (χ1n) is 11.5. The second kappa shape index (κ2) is 11.4. The van der Waals surface area contributed by atoms with Gasteiger partial charge in [-0.15, -0.1) is 0 Å². The van der Waals surface area contributed by atoms with E-state index in [-0.39, 0.29) is 6.42 Å². The van der Waals surface area contributed by atoms with Gasteiger partial charge in [-0.25, -0.2) is 9.00 Å². The van der Waals surface area contributed by atoms with Crippen LogP contribution in [0.2, 0.25) is 0 Å². The summed E-state index contributed by atoms with van der Waals surface area (Å²) in [6.07, 6.45) is 0.868. The molecule has 2 amide bonds. The van der Waals surface area contributed by atoms with E-state index in [2.05, 4.69) is 9.68 Å². The number of rotatable bonds is 7. The molecule has 8 heteroatoms. The lowest BCUT2D eigenvalue weighted by Crippen LogP contribution is -2.44. The fourth-order valence-corrected chi connectivity index (χ4v) is 4.69. The Balaban J connectivity index is 1.84. The van der Waals surface area contributed by atoms with E-state index in [0.717, 1.165) is 22.4 Å². The molecule has 190 valence electrons. The lowest BCUT2D eigenvalue weighted by molar-refractivity contribution is -0.119. The molecule has 3 aromatic carbocycles. The molecule has 0 radical (unpaired) electrons. The third-order valence-corrected chi connectivity index (χ3v) is 6.93. The topological polar surface area (TPSA) is 94.1 Å². The Bertz CT molecular complexity index is 1300. The van der Waals surface area contributed by atoms with Crippen molar-refractivity contribution in [3.05, 3.63) is 84.4 Å². The summed E-state index contributed by atoms with van der Waals surface area (Å²) in [5, 5.41) is 2.60. The lowest BCUT2D eigenvalue weighted by atomic mass is 10.1. The van der Waals surface area contributed by atoms with Crippen molar-refractivity contribution in [3.8, 4) is 16.9 Å². The van der Waals surface area contributed by atoms with Crippen molar-refractivity contribution in [3.63, 3.8) is 0 Å². The van der Waals surface area contributed by atoms with E-state index in [9.17, 15) is 13.8 Å². The molecule has 0 aromatic heterocycles. The largest absolute Gasteiger partial charge is 0.497 e. The van der Waals surface area contributed by atoms with Gasteiger partial charge in [0.2, 0.25) is 0 Å². The van der Waals surface area contributed by atoms with Crippen LogP contribution in [0.25, 0.3) is 11.1 Å². The zero-order chi connectivity index (χ0) is 26.3. The van der Waals surface area contributed by atoms with E-state index in [1.165, 1.54) is 6.26 Å². The highest BCUT2D eigenvalue weighted by Gasteiger charge is 2.26. The Hall–Kier alpha value is -3.65. The maximum atomic E-state index is 13.5. The predicted molar refractivity (Wildman–Crippen MR) is 142 cm³/mol. The highest BCUT2D eigenvalue weighted by atomic mass is 32.2. The molecule has 0 aliphatic carbocycles. The van der Waals surface area contributed by atoms with Gasteiger partial charge in [0.1, 0.15) is 17.4 Å². The predicted octanol–water partition coefficient (Wildman–Crippen LogP) is 5.48. The van der Waals surface area contributed by atoms with Gasteiger partial charge in [0, 0.05) is 17.6 Å². The average Bonchev–Trinajstić information content (AvgIpc) is 2.83. The standard InChI is InChI=1S/C28H32N2O5S/c1-28(2,3)35-27(32)29-25(19-20-9-7-6-8-10-20)26(31)30-36(5,33)24-17-13-22(14-18-24)21-11-15-23(34-4)16-12-21/h6-18,25H,19H2,1-5H3,(H,29,32)/t25-,36?/m0/s1. The Labute approximate surface area is 213 Å². The molecule has 0 aliphatic heterocycles. The molecule has 1 unspecified atom stereocenters. The van der Waals surface area contributed by atoms with Crippen molar-refractivity contribution in [2.45, 2.75) is 43.7 Å². The van der Waals surface area contributed by atoms with Crippen LogP contribution in [-0.2, 0) is 25.7 Å². The minimum atomic E-state index is -3.06. The molecule has 0 bridgehead atoms. The fourth-order valence-electron chi connectivity index (χ4n) is 3.47. The number of carbonyl (C=O) groups excluding carboxylic acids is 2. The molecule has 0 saturated heterocycles. The lowest BCUT2D eigenvalue weighted by Gasteiger charge is -2.22. The van der Waals surface area contributed by atoms with Crippen molar-refractivity contribution >= 4 is 21.7 Å². The first-order valence-corrected chi connectivity index (χ1v) is 13.4. The van der Waals surface area contributed by atoms with Gasteiger partial charge in [-0.05, 0) is 61.7 Å². The van der Waals surface area contributed by atoms with Crippen molar-refractivity contribution in [1.82, 2.24) is 5.32 Å². The number of methoxy groups -OCH3 is 1. The number of hydrogen-bond acceptors (Lipinski definition) is 5. The minimum Gasteiger partial charge on any atom is -0.497 e. The smallest absolute Gasteiger partial charge is 0.408 e. The highest BCUT2D eigenvalue weighted by molar-refractivity contribution is 7.93. The van der Waals surface area contributed by atoms with Gasteiger partial charge in [0.25, 0.3) is 5.91 Å². The second-order valence-electron chi connectivity index (χ2n) is 9.37. The molecule has 0 spiro atoms. The zero-order valence-electron chi connectivity index (χ0n) is 21.2. The Morgan fingerprint density at radius 1 is 0.917 bits per heavy atom. The molecular weight excluding hydrogens is 476 g/mol. The number of ether oxygens (including phenoxy) is 2. The SMILES string of the molecule is COc1ccc(-c2ccc(S(C)(=O)=NC(=O)[C@H](Cc3ccccc3)NC(=O)OC(C)(C)C)cc2)cc1. The first-order chi connectivity index (χ1) is 17.0. The quantitative estimate of drug-likeness (QED) is 0.456. The van der Waals surface area contributed by atoms with E-state index in [0.29, 0.717) is 4.90 Å². The van der Waals surface area contributed by atoms with Crippen LogP contribution >= 0.6 is 0 Å². The normalized spacial score (nSPS) is 13.7. The summed E-state index contributed by atoms with van der Waals surface area (Å²) in [7, 11) is -1.45. The van der Waals surface area contributed by atoms with Gasteiger partial charge in [-0.1, -0.05) is 54.6 Å². The summed E-state index contributed by atoms with van der Waals surface area (Å²) in [5.74, 6) is 0.0748. The fraction of sp³-hybridized carbons (Fsp3) is 0.286. The van der Waals surface area contributed by atoms with Gasteiger partial charge in [-0.3, -0.25) is 4.79 Å². The zero-order valence-corrected chi connectivity index (χ0v) is 22.0. The molecule has 3 aromatic rings. The van der Waals surface area contributed by atoms with Crippen LogP contribution in [-0.4, -0.2) is 41.2 Å². The monoisotopic (exact) mass is 508 g/mol. The average molecular weight is 509 g/mol. The Kier molecular flexibility index (Phi) is 8.53. The minimum absolute atomic E-state index is 0.189. The summed E-state index contributed by atoms with van der Waals surface area (Å²) >= 11 is 0. The van der Waals surface area contributed by atoms with Gasteiger partial charge in [0.05, 0.1) is 16.8 Å². The number of alkyl carbamates (subject to hydrolysis) is 1. The maximum Gasteiger partial charge on any atom is 0.408 e. The van der Waals surface area contributed by atoms with Crippen LogP contribution in [0.1, 0.15) is 26.3 Å². The van der Waals surface area contributed by atoms with E-state index >= 15 is 0 Å². The summed E-state index contributed by atoms with van der Waals surface area (Å²) in [6.45, 7) is 5.21. The first kappa shape index (κ1) is 26.9. The van der Waals surface area contributed by atoms with E-state index in [1.54, 1.807) is 40.0 Å². The van der Waals surface area contributed by atoms with Gasteiger partial charge >= 0.3 is 6.09 Å². The number of hydrogen-bond donors (Lipinski definition) is 1. The van der Waals surface area contributed by atoms with E-state index < -0.39 is 33.4 Å². The van der Waals surface area contributed by atoms with Crippen molar-refractivity contribution in [2.75, 3.05) is 13.4 Å². The molecule has 0 saturated carbocycles.